The summed E-state index contributed by atoms with van der Waals surface area (Å²) in [6.07, 6.45) is 1.68. The van der Waals surface area contributed by atoms with E-state index in [0.29, 0.717) is 6.54 Å². The molecule has 5 nitrogen and oxygen atoms in total. The second-order valence-corrected chi connectivity index (χ2v) is 3.66. The molecule has 0 bridgehead atoms. The second kappa shape index (κ2) is 7.09. The predicted molar refractivity (Wildman–Crippen MR) is 59.3 cm³/mol. The number of nitrogens with two attached hydrogens (primary N) is 1. The fourth-order valence-corrected chi connectivity index (χ4v) is 1.21. The van der Waals surface area contributed by atoms with Gasteiger partial charge in [0, 0.05) is 6.54 Å². The van der Waals surface area contributed by atoms with Gasteiger partial charge in [0.25, 0.3) is 0 Å². The Bertz CT molecular complexity index is 219. The van der Waals surface area contributed by atoms with Crippen molar-refractivity contribution in [1.29, 1.82) is 0 Å². The maximum Gasteiger partial charge on any atom is 0.312 e. The summed E-state index contributed by atoms with van der Waals surface area (Å²) in [5, 5.41) is 5.21. The molecule has 0 aliphatic carbocycles. The van der Waals surface area contributed by atoms with E-state index in [1.165, 1.54) is 0 Å². The Balaban J connectivity index is 4.33. The van der Waals surface area contributed by atoms with E-state index in [2.05, 4.69) is 10.6 Å². The summed E-state index contributed by atoms with van der Waals surface area (Å²) in [5.74, 6) is -0.0839. The maximum atomic E-state index is 11.7. The first-order chi connectivity index (χ1) is 7.02. The maximum absolute atomic E-state index is 11.7. The first kappa shape index (κ1) is 13.7. The number of nitrogens with one attached hydrogen (secondary N) is 2. The van der Waals surface area contributed by atoms with Crippen molar-refractivity contribution in [2.45, 2.75) is 39.7 Å². The molecule has 88 valence electrons. The van der Waals surface area contributed by atoms with Crippen LogP contribution in [0.3, 0.4) is 0 Å². The van der Waals surface area contributed by atoms with Gasteiger partial charge in [-0.15, -0.1) is 0 Å². The van der Waals surface area contributed by atoms with Crippen molar-refractivity contribution in [3.8, 4) is 0 Å². The molecule has 3 amide bonds. The molecule has 0 fully saturated rings. The lowest BCUT2D eigenvalue weighted by atomic mass is 9.98. The molecule has 0 aliphatic heterocycles. The van der Waals surface area contributed by atoms with Crippen molar-refractivity contribution >= 4 is 11.9 Å². The molecule has 0 saturated heterocycles. The van der Waals surface area contributed by atoms with Gasteiger partial charge in [-0.2, -0.15) is 0 Å². The number of rotatable bonds is 6. The minimum atomic E-state index is -0.660. The number of hydrogen-bond donors (Lipinski definition) is 3. The minimum Gasteiger partial charge on any atom is -0.354 e. The Morgan fingerprint density at radius 3 is 2.33 bits per heavy atom. The normalized spacial score (nSPS) is 14.1. The number of primary amides is 1. The summed E-state index contributed by atoms with van der Waals surface area (Å²) in [6.45, 7) is 6.46. The van der Waals surface area contributed by atoms with Crippen molar-refractivity contribution in [2.24, 2.45) is 11.7 Å². The average Bonchev–Trinajstić information content (AvgIpc) is 2.21. The van der Waals surface area contributed by atoms with Crippen LogP contribution < -0.4 is 16.4 Å². The van der Waals surface area contributed by atoms with Gasteiger partial charge < -0.3 is 16.4 Å². The largest absolute Gasteiger partial charge is 0.354 e. The van der Waals surface area contributed by atoms with Crippen LogP contribution in [0.2, 0.25) is 0 Å². The quantitative estimate of drug-likeness (QED) is 0.606. The highest BCUT2D eigenvalue weighted by atomic mass is 16.2. The van der Waals surface area contributed by atoms with E-state index >= 15 is 0 Å². The van der Waals surface area contributed by atoms with Crippen LogP contribution in [-0.4, -0.2) is 24.5 Å². The van der Waals surface area contributed by atoms with Crippen LogP contribution in [0.25, 0.3) is 0 Å². The van der Waals surface area contributed by atoms with E-state index in [4.69, 9.17) is 5.73 Å². The van der Waals surface area contributed by atoms with Crippen molar-refractivity contribution in [1.82, 2.24) is 10.6 Å². The molecule has 0 aliphatic rings. The Kier molecular flexibility index (Phi) is 6.49. The van der Waals surface area contributed by atoms with Gasteiger partial charge >= 0.3 is 6.03 Å². The smallest absolute Gasteiger partial charge is 0.312 e. The van der Waals surface area contributed by atoms with E-state index in [1.54, 1.807) is 0 Å². The second-order valence-electron chi connectivity index (χ2n) is 3.66. The van der Waals surface area contributed by atoms with E-state index in [9.17, 15) is 9.59 Å². The monoisotopic (exact) mass is 215 g/mol. The van der Waals surface area contributed by atoms with Crippen LogP contribution in [-0.2, 0) is 4.79 Å². The van der Waals surface area contributed by atoms with Gasteiger partial charge in [-0.05, 0) is 12.3 Å². The summed E-state index contributed by atoms with van der Waals surface area (Å²) in [4.78, 5) is 22.4. The van der Waals surface area contributed by atoms with Crippen LogP contribution >= 0.6 is 0 Å². The first-order valence-corrected chi connectivity index (χ1v) is 5.36. The van der Waals surface area contributed by atoms with E-state index in [1.807, 2.05) is 20.8 Å². The van der Waals surface area contributed by atoms with Gasteiger partial charge in [-0.25, -0.2) is 4.79 Å². The Labute approximate surface area is 90.8 Å². The van der Waals surface area contributed by atoms with Gasteiger partial charge in [-0.3, -0.25) is 4.79 Å². The summed E-state index contributed by atoms with van der Waals surface area (Å²) < 4.78 is 0. The van der Waals surface area contributed by atoms with Gasteiger partial charge in [0.15, 0.2) is 0 Å². The molecule has 0 aromatic carbocycles. The number of urea groups is 1. The molecule has 2 atom stereocenters. The van der Waals surface area contributed by atoms with E-state index in [0.717, 1.165) is 12.8 Å². The molecular weight excluding hydrogens is 194 g/mol. The van der Waals surface area contributed by atoms with Crippen molar-refractivity contribution in [3.63, 3.8) is 0 Å². The zero-order valence-electron chi connectivity index (χ0n) is 9.67. The molecule has 15 heavy (non-hydrogen) atoms. The van der Waals surface area contributed by atoms with Crippen LogP contribution in [0.1, 0.15) is 33.6 Å². The lowest BCUT2D eigenvalue weighted by molar-refractivity contribution is -0.124. The summed E-state index contributed by atoms with van der Waals surface area (Å²) in [5.41, 5.74) is 5.02. The molecular formula is C10H21N3O2. The SMILES string of the molecule is CCCNC(=O)C(NC(N)=O)C(C)CC. The third-order valence-electron chi connectivity index (χ3n) is 2.34. The molecule has 0 aromatic heterocycles. The zero-order chi connectivity index (χ0) is 11.8. The molecule has 0 saturated carbocycles. The van der Waals surface area contributed by atoms with Gasteiger partial charge in [0.05, 0.1) is 0 Å². The van der Waals surface area contributed by atoms with E-state index in [-0.39, 0.29) is 11.8 Å². The van der Waals surface area contributed by atoms with Crippen LogP contribution in [0.15, 0.2) is 0 Å². The molecule has 4 N–H and O–H groups in total. The predicted octanol–water partition coefficient (Wildman–Crippen LogP) is 0.596. The number of carbonyl (C=O) groups excluding carboxylic acids is 2. The summed E-state index contributed by atoms with van der Waals surface area (Å²) in [7, 11) is 0. The lowest BCUT2D eigenvalue weighted by Gasteiger charge is -2.22. The standard InChI is InChI=1S/C10H21N3O2/c1-4-6-12-9(14)8(7(3)5-2)13-10(11)15/h7-8H,4-6H2,1-3H3,(H,12,14)(H3,11,13,15). The first-order valence-electron chi connectivity index (χ1n) is 5.36. The Morgan fingerprint density at radius 1 is 1.33 bits per heavy atom. The fraction of sp³-hybridized carbons (Fsp3) is 0.800. The lowest BCUT2D eigenvalue weighted by Crippen LogP contribution is -2.51. The van der Waals surface area contributed by atoms with Crippen LogP contribution in [0.5, 0.6) is 0 Å². The summed E-state index contributed by atoms with van der Waals surface area (Å²) >= 11 is 0. The molecule has 0 rings (SSSR count). The molecule has 5 heteroatoms. The average molecular weight is 215 g/mol. The fourth-order valence-electron chi connectivity index (χ4n) is 1.21. The third-order valence-corrected chi connectivity index (χ3v) is 2.34. The van der Waals surface area contributed by atoms with Crippen LogP contribution in [0.4, 0.5) is 4.79 Å². The minimum absolute atomic E-state index is 0.0781. The summed E-state index contributed by atoms with van der Waals surface area (Å²) in [6, 6.07) is -1.19. The number of hydrogen-bond acceptors (Lipinski definition) is 2. The van der Waals surface area contributed by atoms with E-state index < -0.39 is 12.1 Å². The van der Waals surface area contributed by atoms with Crippen molar-refractivity contribution in [2.75, 3.05) is 6.54 Å². The topological polar surface area (TPSA) is 84.2 Å². The van der Waals surface area contributed by atoms with Gasteiger partial charge in [0.1, 0.15) is 6.04 Å². The molecule has 0 spiro atoms. The molecule has 0 aromatic rings. The molecule has 0 radical (unpaired) electrons. The third kappa shape index (κ3) is 5.24. The zero-order valence-corrected chi connectivity index (χ0v) is 9.67. The highest BCUT2D eigenvalue weighted by Crippen LogP contribution is 2.07. The Hall–Kier alpha value is -1.26. The van der Waals surface area contributed by atoms with Crippen molar-refractivity contribution in [3.05, 3.63) is 0 Å². The van der Waals surface area contributed by atoms with Gasteiger partial charge in [0.2, 0.25) is 5.91 Å². The van der Waals surface area contributed by atoms with Crippen LogP contribution in [0, 0.1) is 5.92 Å². The molecule has 0 heterocycles. The highest BCUT2D eigenvalue weighted by molar-refractivity contribution is 5.86. The number of carbonyl (C=O) groups is 2. The molecule has 2 unspecified atom stereocenters. The highest BCUT2D eigenvalue weighted by Gasteiger charge is 2.24. The van der Waals surface area contributed by atoms with Crippen molar-refractivity contribution < 1.29 is 9.59 Å². The van der Waals surface area contributed by atoms with Gasteiger partial charge in [-0.1, -0.05) is 27.2 Å². The number of amides is 3. The Morgan fingerprint density at radius 2 is 1.93 bits per heavy atom.